The predicted octanol–water partition coefficient (Wildman–Crippen LogP) is 1.32. The Labute approximate surface area is 138 Å². The van der Waals surface area contributed by atoms with Crippen LogP contribution in [0.3, 0.4) is 0 Å². The first-order chi connectivity index (χ1) is 11.6. The number of esters is 1. The van der Waals surface area contributed by atoms with Crippen LogP contribution < -0.4 is 15.6 Å². The van der Waals surface area contributed by atoms with Gasteiger partial charge in [-0.05, 0) is 22.9 Å². The third kappa shape index (κ3) is 5.28. The molecule has 2 aromatic carbocycles. The summed E-state index contributed by atoms with van der Waals surface area (Å²) in [6, 6.07) is 13.3. The molecule has 0 aliphatic carbocycles. The number of benzene rings is 2. The average molecular weight is 330 g/mol. The molecule has 0 heterocycles. The Morgan fingerprint density at radius 3 is 2.38 bits per heavy atom. The van der Waals surface area contributed by atoms with Gasteiger partial charge in [0.15, 0.2) is 6.61 Å². The number of ether oxygens (including phenoxy) is 2. The molecular formula is C17H18N2O5. The highest BCUT2D eigenvalue weighted by Gasteiger charge is 2.08. The molecule has 2 aromatic rings. The van der Waals surface area contributed by atoms with E-state index in [2.05, 4.69) is 15.6 Å². The van der Waals surface area contributed by atoms with E-state index in [1.54, 1.807) is 6.07 Å². The van der Waals surface area contributed by atoms with E-state index in [9.17, 15) is 14.4 Å². The minimum atomic E-state index is -0.505. The highest BCUT2D eigenvalue weighted by molar-refractivity contribution is 5.85. The first-order valence-corrected chi connectivity index (χ1v) is 7.34. The summed E-state index contributed by atoms with van der Waals surface area (Å²) in [6.07, 6.45) is -0.121. The van der Waals surface area contributed by atoms with Crippen molar-refractivity contribution in [3.8, 4) is 5.75 Å². The van der Waals surface area contributed by atoms with E-state index < -0.39 is 17.8 Å². The number of hydrazine groups is 1. The van der Waals surface area contributed by atoms with Gasteiger partial charge in [-0.2, -0.15) is 0 Å². The number of fused-ring (bicyclic) bond motifs is 1. The highest BCUT2D eigenvalue weighted by atomic mass is 16.5. The van der Waals surface area contributed by atoms with Gasteiger partial charge in [0.1, 0.15) is 5.75 Å². The monoisotopic (exact) mass is 330 g/mol. The first kappa shape index (κ1) is 17.3. The molecule has 2 amide bonds. The van der Waals surface area contributed by atoms with Gasteiger partial charge in [0.2, 0.25) is 5.91 Å². The third-order valence-electron chi connectivity index (χ3n) is 3.22. The lowest BCUT2D eigenvalue weighted by Crippen LogP contribution is -2.43. The number of hydrogen-bond donors (Lipinski definition) is 2. The number of amides is 2. The molecule has 0 fully saturated rings. The van der Waals surface area contributed by atoms with Crippen molar-refractivity contribution in [2.24, 2.45) is 0 Å². The molecule has 0 radical (unpaired) electrons. The summed E-state index contributed by atoms with van der Waals surface area (Å²) in [5, 5.41) is 2.08. The van der Waals surface area contributed by atoms with E-state index in [0.29, 0.717) is 5.75 Å². The zero-order chi connectivity index (χ0) is 17.4. The maximum Gasteiger partial charge on any atom is 0.306 e. The Hall–Kier alpha value is -3.09. The van der Waals surface area contributed by atoms with E-state index >= 15 is 0 Å². The van der Waals surface area contributed by atoms with E-state index in [4.69, 9.17) is 4.74 Å². The van der Waals surface area contributed by atoms with Gasteiger partial charge in [-0.15, -0.1) is 0 Å². The Bertz CT molecular complexity index is 745. The van der Waals surface area contributed by atoms with E-state index in [1.807, 2.05) is 36.4 Å². The molecular weight excluding hydrogens is 312 g/mol. The molecule has 2 rings (SSSR count). The molecule has 0 unspecified atom stereocenters. The van der Waals surface area contributed by atoms with Gasteiger partial charge in [0.05, 0.1) is 13.5 Å². The number of hydrogen-bond acceptors (Lipinski definition) is 5. The van der Waals surface area contributed by atoms with Crippen LogP contribution in [0.15, 0.2) is 42.5 Å². The van der Waals surface area contributed by atoms with E-state index in [-0.39, 0.29) is 19.4 Å². The predicted molar refractivity (Wildman–Crippen MR) is 87.0 cm³/mol. The lowest BCUT2D eigenvalue weighted by atomic mass is 10.1. The quantitative estimate of drug-likeness (QED) is 0.615. The number of methoxy groups -OCH3 is 1. The molecule has 0 saturated heterocycles. The Morgan fingerprint density at radius 1 is 0.917 bits per heavy atom. The minimum Gasteiger partial charge on any atom is -0.484 e. The molecule has 0 aromatic heterocycles. The fourth-order valence-corrected chi connectivity index (χ4v) is 1.96. The van der Waals surface area contributed by atoms with Crippen LogP contribution in [-0.2, 0) is 19.1 Å². The van der Waals surface area contributed by atoms with Crippen LogP contribution in [0.2, 0.25) is 0 Å². The van der Waals surface area contributed by atoms with Gasteiger partial charge in [0.25, 0.3) is 5.91 Å². The second-order valence-corrected chi connectivity index (χ2v) is 4.97. The minimum absolute atomic E-state index is 0.0498. The van der Waals surface area contributed by atoms with Crippen molar-refractivity contribution in [2.45, 2.75) is 12.8 Å². The molecule has 2 N–H and O–H groups in total. The maximum absolute atomic E-state index is 11.6. The fourth-order valence-electron chi connectivity index (χ4n) is 1.96. The number of carbonyl (C=O) groups excluding carboxylic acids is 3. The smallest absolute Gasteiger partial charge is 0.306 e. The van der Waals surface area contributed by atoms with Crippen molar-refractivity contribution in [2.75, 3.05) is 13.7 Å². The Morgan fingerprint density at radius 2 is 1.62 bits per heavy atom. The molecule has 7 heteroatoms. The molecule has 0 bridgehead atoms. The maximum atomic E-state index is 11.6. The second kappa shape index (κ2) is 8.52. The first-order valence-electron chi connectivity index (χ1n) is 7.34. The number of rotatable bonds is 6. The normalized spacial score (nSPS) is 10.0. The topological polar surface area (TPSA) is 93.7 Å². The van der Waals surface area contributed by atoms with E-state index in [1.165, 1.54) is 7.11 Å². The van der Waals surface area contributed by atoms with Gasteiger partial charge in [-0.3, -0.25) is 25.2 Å². The van der Waals surface area contributed by atoms with Crippen LogP contribution in [0.1, 0.15) is 12.8 Å². The van der Waals surface area contributed by atoms with Gasteiger partial charge < -0.3 is 9.47 Å². The second-order valence-electron chi connectivity index (χ2n) is 4.97. The molecule has 0 spiro atoms. The SMILES string of the molecule is COC(=O)CCC(=O)NNC(=O)COc1ccc2ccccc2c1. The summed E-state index contributed by atoms with van der Waals surface area (Å²) in [5.74, 6) is -0.925. The van der Waals surface area contributed by atoms with Gasteiger partial charge >= 0.3 is 5.97 Å². The van der Waals surface area contributed by atoms with Crippen LogP contribution in [0.5, 0.6) is 5.75 Å². The summed E-state index contributed by atoms with van der Waals surface area (Å²) in [4.78, 5) is 33.9. The number of nitrogens with one attached hydrogen (secondary N) is 2. The molecule has 0 atom stereocenters. The molecule has 0 aliphatic heterocycles. The van der Waals surface area contributed by atoms with Gasteiger partial charge in [-0.25, -0.2) is 0 Å². The molecule has 0 saturated carbocycles. The summed E-state index contributed by atoms with van der Waals surface area (Å²) in [7, 11) is 1.24. The summed E-state index contributed by atoms with van der Waals surface area (Å²) < 4.78 is 9.80. The molecule has 126 valence electrons. The van der Waals surface area contributed by atoms with Crippen LogP contribution in [0.25, 0.3) is 10.8 Å². The van der Waals surface area contributed by atoms with Gasteiger partial charge in [-0.1, -0.05) is 30.3 Å². The molecule has 24 heavy (non-hydrogen) atoms. The van der Waals surface area contributed by atoms with Crippen molar-refractivity contribution >= 4 is 28.6 Å². The standard InChI is InChI=1S/C17H18N2O5/c1-23-17(22)9-8-15(20)18-19-16(21)11-24-14-7-6-12-4-2-3-5-13(12)10-14/h2-7,10H,8-9,11H2,1H3,(H,18,20)(H,19,21). The zero-order valence-electron chi connectivity index (χ0n) is 13.2. The lowest BCUT2D eigenvalue weighted by molar-refractivity contribution is -0.142. The van der Waals surface area contributed by atoms with Crippen molar-refractivity contribution in [3.63, 3.8) is 0 Å². The zero-order valence-corrected chi connectivity index (χ0v) is 13.2. The summed E-state index contributed by atoms with van der Waals surface area (Å²) in [5.41, 5.74) is 4.42. The van der Waals surface area contributed by atoms with Crippen LogP contribution >= 0.6 is 0 Å². The summed E-state index contributed by atoms with van der Waals surface area (Å²) in [6.45, 7) is -0.240. The van der Waals surface area contributed by atoms with Crippen molar-refractivity contribution in [3.05, 3.63) is 42.5 Å². The van der Waals surface area contributed by atoms with Crippen LogP contribution in [0, 0.1) is 0 Å². The Balaban J connectivity index is 1.74. The average Bonchev–Trinajstić information content (AvgIpc) is 2.62. The van der Waals surface area contributed by atoms with Crippen molar-refractivity contribution < 1.29 is 23.9 Å². The molecule has 7 nitrogen and oxygen atoms in total. The van der Waals surface area contributed by atoms with Crippen LogP contribution in [0.4, 0.5) is 0 Å². The van der Waals surface area contributed by atoms with Crippen molar-refractivity contribution in [1.29, 1.82) is 0 Å². The lowest BCUT2D eigenvalue weighted by Gasteiger charge is -2.09. The third-order valence-corrected chi connectivity index (χ3v) is 3.22. The highest BCUT2D eigenvalue weighted by Crippen LogP contribution is 2.20. The summed E-state index contributed by atoms with van der Waals surface area (Å²) >= 11 is 0. The fraction of sp³-hybridized carbons (Fsp3) is 0.235. The van der Waals surface area contributed by atoms with Crippen molar-refractivity contribution in [1.82, 2.24) is 10.9 Å². The van der Waals surface area contributed by atoms with E-state index in [0.717, 1.165) is 10.8 Å². The van der Waals surface area contributed by atoms with Crippen LogP contribution in [-0.4, -0.2) is 31.5 Å². The molecule has 0 aliphatic rings. The Kier molecular flexibility index (Phi) is 6.13. The largest absolute Gasteiger partial charge is 0.484 e. The number of carbonyl (C=O) groups is 3. The van der Waals surface area contributed by atoms with Gasteiger partial charge in [0, 0.05) is 6.42 Å².